The molecule has 1 saturated heterocycles. The smallest absolute Gasteiger partial charge is 0.138 e. The molecule has 0 spiro atoms. The summed E-state index contributed by atoms with van der Waals surface area (Å²) >= 11 is 1.91. The maximum atomic E-state index is 10.4. The van der Waals surface area contributed by atoms with Gasteiger partial charge in [0.25, 0.3) is 0 Å². The van der Waals surface area contributed by atoms with E-state index in [0.717, 1.165) is 23.9 Å². The van der Waals surface area contributed by atoms with Crippen molar-refractivity contribution in [1.29, 1.82) is 0 Å². The van der Waals surface area contributed by atoms with E-state index >= 15 is 0 Å². The third-order valence-electron chi connectivity index (χ3n) is 3.42. The van der Waals surface area contributed by atoms with Gasteiger partial charge in [0.15, 0.2) is 0 Å². The summed E-state index contributed by atoms with van der Waals surface area (Å²) in [6.07, 6.45) is 1.78. The molecule has 5 nitrogen and oxygen atoms in total. The Balaban J connectivity index is 2.01. The van der Waals surface area contributed by atoms with Crippen LogP contribution in [-0.4, -0.2) is 62.0 Å². The molecule has 1 aromatic heterocycles. The third-order valence-corrected chi connectivity index (χ3v) is 4.46. The van der Waals surface area contributed by atoms with Gasteiger partial charge in [0, 0.05) is 36.6 Å². The highest BCUT2D eigenvalue weighted by Crippen LogP contribution is 2.19. The highest BCUT2D eigenvalue weighted by atomic mass is 32.2. The van der Waals surface area contributed by atoms with Crippen molar-refractivity contribution in [1.82, 2.24) is 19.7 Å². The van der Waals surface area contributed by atoms with Crippen LogP contribution in [0, 0.1) is 0 Å². The van der Waals surface area contributed by atoms with Crippen LogP contribution in [0.1, 0.15) is 25.7 Å². The Kier molecular flexibility index (Phi) is 4.64. The van der Waals surface area contributed by atoms with Crippen LogP contribution in [0.15, 0.2) is 6.33 Å². The molecule has 1 fully saturated rings. The average molecular weight is 270 g/mol. The Morgan fingerprint density at radius 3 is 3.00 bits per heavy atom. The lowest BCUT2D eigenvalue weighted by molar-refractivity contribution is 0.0737. The predicted molar refractivity (Wildman–Crippen MR) is 73.9 cm³/mol. The molecule has 0 aromatic carbocycles. The highest BCUT2D eigenvalue weighted by Gasteiger charge is 2.28. The number of rotatable bonds is 4. The number of aromatic nitrogens is 3. The lowest BCUT2D eigenvalue weighted by Gasteiger charge is -2.35. The number of aliphatic hydroxyl groups is 1. The first kappa shape index (κ1) is 13.8. The Morgan fingerprint density at radius 1 is 1.56 bits per heavy atom. The number of aliphatic hydroxyl groups excluding tert-OH is 1. The van der Waals surface area contributed by atoms with Crippen LogP contribution in [0.2, 0.25) is 0 Å². The van der Waals surface area contributed by atoms with Crippen molar-refractivity contribution in [2.24, 2.45) is 0 Å². The molecule has 1 aliphatic heterocycles. The number of nitrogens with zero attached hydrogens (tertiary/aromatic N) is 4. The van der Waals surface area contributed by atoms with Gasteiger partial charge in [0.05, 0.1) is 6.10 Å². The molecule has 102 valence electrons. The SMILES string of the molecule is CC(C)n1ncnc1CC(O)C1CSCCN1C. The fourth-order valence-electron chi connectivity index (χ4n) is 2.29. The van der Waals surface area contributed by atoms with E-state index in [4.69, 9.17) is 0 Å². The van der Waals surface area contributed by atoms with Crippen molar-refractivity contribution in [2.45, 2.75) is 38.5 Å². The van der Waals surface area contributed by atoms with Crippen LogP contribution in [0.3, 0.4) is 0 Å². The molecule has 6 heteroatoms. The summed E-state index contributed by atoms with van der Waals surface area (Å²) in [5.74, 6) is 3.02. The van der Waals surface area contributed by atoms with Gasteiger partial charge >= 0.3 is 0 Å². The molecule has 1 aliphatic rings. The van der Waals surface area contributed by atoms with Gasteiger partial charge in [-0.15, -0.1) is 0 Å². The van der Waals surface area contributed by atoms with E-state index in [1.807, 2.05) is 16.4 Å². The van der Waals surface area contributed by atoms with Crippen molar-refractivity contribution in [2.75, 3.05) is 25.1 Å². The second kappa shape index (κ2) is 6.04. The van der Waals surface area contributed by atoms with E-state index in [2.05, 4.69) is 35.9 Å². The molecule has 18 heavy (non-hydrogen) atoms. The first-order valence-electron chi connectivity index (χ1n) is 6.44. The maximum Gasteiger partial charge on any atom is 0.138 e. The monoisotopic (exact) mass is 270 g/mol. The minimum absolute atomic E-state index is 0.223. The van der Waals surface area contributed by atoms with Crippen LogP contribution in [-0.2, 0) is 6.42 Å². The lowest BCUT2D eigenvalue weighted by atomic mass is 10.1. The van der Waals surface area contributed by atoms with Gasteiger partial charge in [-0.25, -0.2) is 9.67 Å². The van der Waals surface area contributed by atoms with Gasteiger partial charge in [0.1, 0.15) is 12.2 Å². The Morgan fingerprint density at radius 2 is 2.33 bits per heavy atom. The standard InChI is InChI=1S/C12H22N4OS/c1-9(2)16-12(13-8-14-16)6-11(17)10-7-18-5-4-15(10)3/h8-11,17H,4-7H2,1-3H3. The number of hydrogen-bond donors (Lipinski definition) is 1. The van der Waals surface area contributed by atoms with E-state index < -0.39 is 0 Å². The van der Waals surface area contributed by atoms with E-state index in [1.165, 1.54) is 0 Å². The van der Waals surface area contributed by atoms with Gasteiger partial charge < -0.3 is 5.11 Å². The lowest BCUT2D eigenvalue weighted by Crippen LogP contribution is -2.48. The molecule has 2 atom stereocenters. The first-order chi connectivity index (χ1) is 8.59. The summed E-state index contributed by atoms with van der Waals surface area (Å²) < 4.78 is 1.89. The Labute approximate surface area is 113 Å². The van der Waals surface area contributed by atoms with Crippen LogP contribution in [0.25, 0.3) is 0 Å². The Bertz CT molecular complexity index is 382. The molecule has 2 heterocycles. The second-order valence-corrected chi connectivity index (χ2v) is 6.26. The van der Waals surface area contributed by atoms with Crippen LogP contribution in [0.5, 0.6) is 0 Å². The summed E-state index contributed by atoms with van der Waals surface area (Å²) in [4.78, 5) is 6.51. The zero-order chi connectivity index (χ0) is 13.1. The number of hydrogen-bond acceptors (Lipinski definition) is 5. The molecular weight excluding hydrogens is 248 g/mol. The molecule has 0 bridgehead atoms. The zero-order valence-corrected chi connectivity index (χ0v) is 12.1. The molecule has 0 aliphatic carbocycles. The molecule has 0 radical (unpaired) electrons. The normalized spacial score (nSPS) is 23.5. The van der Waals surface area contributed by atoms with Crippen molar-refractivity contribution >= 4 is 11.8 Å². The van der Waals surface area contributed by atoms with Crippen LogP contribution >= 0.6 is 11.8 Å². The number of thioether (sulfide) groups is 1. The van der Waals surface area contributed by atoms with Gasteiger partial charge in [0.2, 0.25) is 0 Å². The quantitative estimate of drug-likeness (QED) is 0.877. The molecule has 0 saturated carbocycles. The summed E-state index contributed by atoms with van der Waals surface area (Å²) in [5, 5.41) is 14.6. The fourth-order valence-corrected chi connectivity index (χ4v) is 3.59. The van der Waals surface area contributed by atoms with Crippen molar-refractivity contribution in [3.05, 3.63) is 12.2 Å². The number of likely N-dealkylation sites (N-methyl/N-ethyl adjacent to an activating group) is 1. The summed E-state index contributed by atoms with van der Waals surface area (Å²) in [7, 11) is 2.08. The minimum Gasteiger partial charge on any atom is -0.391 e. The van der Waals surface area contributed by atoms with E-state index in [1.54, 1.807) is 6.33 Å². The van der Waals surface area contributed by atoms with Crippen molar-refractivity contribution in [3.8, 4) is 0 Å². The average Bonchev–Trinajstić information content (AvgIpc) is 2.77. The van der Waals surface area contributed by atoms with Crippen molar-refractivity contribution in [3.63, 3.8) is 0 Å². The van der Waals surface area contributed by atoms with E-state index in [9.17, 15) is 5.11 Å². The Hall–Kier alpha value is -0.590. The molecule has 2 rings (SSSR count). The minimum atomic E-state index is -0.371. The summed E-state index contributed by atoms with van der Waals surface area (Å²) in [6.45, 7) is 5.20. The van der Waals surface area contributed by atoms with Gasteiger partial charge in [-0.2, -0.15) is 16.9 Å². The molecule has 0 amide bonds. The summed E-state index contributed by atoms with van der Waals surface area (Å²) in [5.41, 5.74) is 0. The summed E-state index contributed by atoms with van der Waals surface area (Å²) in [6, 6.07) is 0.509. The van der Waals surface area contributed by atoms with E-state index in [0.29, 0.717) is 6.42 Å². The highest BCUT2D eigenvalue weighted by molar-refractivity contribution is 7.99. The van der Waals surface area contributed by atoms with Crippen LogP contribution in [0.4, 0.5) is 0 Å². The zero-order valence-electron chi connectivity index (χ0n) is 11.3. The fraction of sp³-hybridized carbons (Fsp3) is 0.833. The topological polar surface area (TPSA) is 54.2 Å². The predicted octanol–water partition coefficient (Wildman–Crippen LogP) is 0.810. The van der Waals surface area contributed by atoms with Crippen LogP contribution < -0.4 is 0 Å². The molecule has 1 aromatic rings. The maximum absolute atomic E-state index is 10.4. The second-order valence-electron chi connectivity index (χ2n) is 5.11. The molecule has 2 unspecified atom stereocenters. The van der Waals surface area contributed by atoms with Gasteiger partial charge in [-0.1, -0.05) is 0 Å². The third kappa shape index (κ3) is 3.05. The van der Waals surface area contributed by atoms with E-state index in [-0.39, 0.29) is 18.2 Å². The van der Waals surface area contributed by atoms with Crippen molar-refractivity contribution < 1.29 is 5.11 Å². The van der Waals surface area contributed by atoms with Gasteiger partial charge in [-0.05, 0) is 20.9 Å². The van der Waals surface area contributed by atoms with Gasteiger partial charge in [-0.3, -0.25) is 4.90 Å². The largest absolute Gasteiger partial charge is 0.391 e. The first-order valence-corrected chi connectivity index (χ1v) is 7.59. The molecular formula is C12H22N4OS. The molecule has 1 N–H and O–H groups in total.